The molecule has 0 atom stereocenters. The van der Waals surface area contributed by atoms with E-state index in [1.807, 2.05) is 12.1 Å². The number of halogens is 4. The van der Waals surface area contributed by atoms with Crippen molar-refractivity contribution in [3.8, 4) is 22.3 Å². The van der Waals surface area contributed by atoms with Crippen molar-refractivity contribution in [1.82, 2.24) is 0 Å². The fraction of sp³-hybridized carbons (Fsp3) is 0.400. The fourth-order valence-electron chi connectivity index (χ4n) is 5.13. The first-order valence-corrected chi connectivity index (χ1v) is 14.9. The highest BCUT2D eigenvalue weighted by molar-refractivity contribution is 6.58. The van der Waals surface area contributed by atoms with Crippen molar-refractivity contribution < 1.29 is 17.6 Å². The maximum atomic E-state index is 14.9. The Bertz CT molecular complexity index is 1090. The summed E-state index contributed by atoms with van der Waals surface area (Å²) in [5.41, 5.74) is 2.98. The molecular weight excluding hydrogens is 464 g/mol. The summed E-state index contributed by atoms with van der Waals surface area (Å²) < 4.78 is 55.3. The minimum Gasteiger partial charge on any atom is -0.206 e. The standard InChI is InChI=1S/C30H33F4Si/c1-2-3-4-15-35-16-13-21(14-17-35)5-6-22-7-12-26(27(31)18-22)24-10-8-23(9-11-24)25-19-28(32)30(34)29(33)20-25/h7-12,18-21H,2-6,13-17H2,1H3. The van der Waals surface area contributed by atoms with Gasteiger partial charge in [-0.2, -0.15) is 0 Å². The number of hydrogen-bond donors (Lipinski definition) is 0. The zero-order valence-corrected chi connectivity index (χ0v) is 21.4. The molecule has 1 aliphatic heterocycles. The van der Waals surface area contributed by atoms with Gasteiger partial charge in [-0.05, 0) is 59.2 Å². The second-order valence-corrected chi connectivity index (χ2v) is 12.8. The van der Waals surface area contributed by atoms with Gasteiger partial charge in [0.05, 0.1) is 0 Å². The first-order valence-electron chi connectivity index (χ1n) is 12.8. The van der Waals surface area contributed by atoms with Crippen LogP contribution in [0, 0.1) is 29.2 Å². The van der Waals surface area contributed by atoms with Crippen molar-refractivity contribution in [3.63, 3.8) is 0 Å². The van der Waals surface area contributed by atoms with Crippen molar-refractivity contribution in [2.75, 3.05) is 0 Å². The van der Waals surface area contributed by atoms with Crippen LogP contribution in [0.25, 0.3) is 22.3 Å². The van der Waals surface area contributed by atoms with Crippen LogP contribution in [0.15, 0.2) is 54.6 Å². The highest BCUT2D eigenvalue weighted by atomic mass is 28.3. The van der Waals surface area contributed by atoms with Crippen molar-refractivity contribution >= 4 is 8.80 Å². The van der Waals surface area contributed by atoms with Crippen LogP contribution in [0.5, 0.6) is 0 Å². The molecule has 0 aromatic heterocycles. The third kappa shape index (κ3) is 6.63. The van der Waals surface area contributed by atoms with E-state index >= 15 is 0 Å². The third-order valence-electron chi connectivity index (χ3n) is 7.33. The molecule has 1 fully saturated rings. The first-order chi connectivity index (χ1) is 16.9. The predicted molar refractivity (Wildman–Crippen MR) is 138 cm³/mol. The molecule has 35 heavy (non-hydrogen) atoms. The number of hydrogen-bond acceptors (Lipinski definition) is 0. The molecular formula is C30H33F4Si. The normalized spacial score (nSPS) is 15.0. The SMILES string of the molecule is CCCCC[Si]1CCC(CCc2ccc(-c3ccc(-c4cc(F)c(F)c(F)c4)cc3)c(F)c2)CC1. The topological polar surface area (TPSA) is 0 Å². The van der Waals surface area contributed by atoms with Crippen molar-refractivity contribution in [1.29, 1.82) is 0 Å². The Morgan fingerprint density at radius 1 is 0.743 bits per heavy atom. The quantitative estimate of drug-likeness (QED) is 0.119. The van der Waals surface area contributed by atoms with Crippen LogP contribution in [-0.4, -0.2) is 8.80 Å². The van der Waals surface area contributed by atoms with Crippen molar-refractivity contribution in [2.24, 2.45) is 5.92 Å². The molecule has 1 aliphatic rings. The van der Waals surface area contributed by atoms with Crippen LogP contribution in [0.2, 0.25) is 18.1 Å². The van der Waals surface area contributed by atoms with E-state index in [2.05, 4.69) is 6.92 Å². The number of aryl methyl sites for hydroxylation is 1. The van der Waals surface area contributed by atoms with E-state index in [0.29, 0.717) is 16.7 Å². The molecule has 1 saturated heterocycles. The molecule has 4 rings (SSSR count). The zero-order chi connectivity index (χ0) is 24.8. The molecule has 0 aliphatic carbocycles. The van der Waals surface area contributed by atoms with Gasteiger partial charge >= 0.3 is 0 Å². The van der Waals surface area contributed by atoms with E-state index < -0.39 is 17.5 Å². The van der Waals surface area contributed by atoms with Gasteiger partial charge in [0.1, 0.15) is 5.82 Å². The molecule has 0 saturated carbocycles. The zero-order valence-electron chi connectivity index (χ0n) is 20.4. The van der Waals surface area contributed by atoms with Crippen LogP contribution in [-0.2, 0) is 6.42 Å². The number of rotatable bonds is 9. The second kappa shape index (κ2) is 12.0. The van der Waals surface area contributed by atoms with E-state index in [1.165, 1.54) is 50.2 Å². The largest absolute Gasteiger partial charge is 0.206 e. The van der Waals surface area contributed by atoms with Gasteiger partial charge in [0.2, 0.25) is 0 Å². The monoisotopic (exact) mass is 497 g/mol. The average Bonchev–Trinajstić information content (AvgIpc) is 2.87. The van der Waals surface area contributed by atoms with Crippen LogP contribution in [0.1, 0.15) is 51.0 Å². The lowest BCUT2D eigenvalue weighted by atomic mass is 9.93. The van der Waals surface area contributed by atoms with E-state index in [1.54, 1.807) is 30.3 Å². The predicted octanol–water partition coefficient (Wildman–Crippen LogP) is 9.60. The van der Waals surface area contributed by atoms with Crippen molar-refractivity contribution in [2.45, 2.75) is 70.0 Å². The number of benzene rings is 3. The average molecular weight is 498 g/mol. The molecule has 5 heteroatoms. The Morgan fingerprint density at radius 3 is 2.03 bits per heavy atom. The van der Waals surface area contributed by atoms with Crippen molar-refractivity contribution in [3.05, 3.63) is 83.4 Å². The van der Waals surface area contributed by atoms with Crippen LogP contribution in [0.4, 0.5) is 17.6 Å². The lowest BCUT2D eigenvalue weighted by Gasteiger charge is -2.27. The molecule has 1 radical (unpaired) electrons. The maximum absolute atomic E-state index is 14.9. The summed E-state index contributed by atoms with van der Waals surface area (Å²) in [7, 11) is -0.118. The summed E-state index contributed by atoms with van der Waals surface area (Å²) in [5, 5.41) is 0. The minimum atomic E-state index is -1.48. The Morgan fingerprint density at radius 2 is 1.40 bits per heavy atom. The Labute approximate surface area is 208 Å². The summed E-state index contributed by atoms with van der Waals surface area (Å²) >= 11 is 0. The van der Waals surface area contributed by atoms with Gasteiger partial charge in [0.25, 0.3) is 0 Å². The summed E-state index contributed by atoms with van der Waals surface area (Å²) in [5.74, 6) is -3.44. The Kier molecular flexibility index (Phi) is 8.82. The first kappa shape index (κ1) is 25.7. The Balaban J connectivity index is 1.34. The van der Waals surface area contributed by atoms with Gasteiger partial charge in [-0.15, -0.1) is 0 Å². The lowest BCUT2D eigenvalue weighted by molar-refractivity contribution is 0.436. The molecule has 1 heterocycles. The summed E-state index contributed by atoms with van der Waals surface area (Å²) in [6.07, 6.45) is 8.80. The molecule has 0 amide bonds. The van der Waals surface area contributed by atoms with Gasteiger partial charge in [-0.1, -0.05) is 93.6 Å². The van der Waals surface area contributed by atoms with Crippen LogP contribution >= 0.6 is 0 Å². The summed E-state index contributed by atoms with van der Waals surface area (Å²) in [6, 6.07) is 18.5. The summed E-state index contributed by atoms with van der Waals surface area (Å²) in [4.78, 5) is 0. The van der Waals surface area contributed by atoms with Gasteiger partial charge in [0.15, 0.2) is 17.5 Å². The van der Waals surface area contributed by atoms with Gasteiger partial charge in [0, 0.05) is 14.4 Å². The molecule has 3 aromatic carbocycles. The fourth-order valence-corrected chi connectivity index (χ4v) is 8.27. The highest BCUT2D eigenvalue weighted by Crippen LogP contribution is 2.32. The van der Waals surface area contributed by atoms with Gasteiger partial charge in [-0.25, -0.2) is 17.6 Å². The highest BCUT2D eigenvalue weighted by Gasteiger charge is 2.22. The molecule has 0 N–H and O–H groups in total. The molecule has 0 unspecified atom stereocenters. The molecule has 3 aromatic rings. The minimum absolute atomic E-state index is 0.118. The molecule has 185 valence electrons. The smallest absolute Gasteiger partial charge is 0.194 e. The molecule has 0 bridgehead atoms. The third-order valence-corrected chi connectivity index (χ3v) is 10.4. The van der Waals surface area contributed by atoms with E-state index in [-0.39, 0.29) is 20.2 Å². The van der Waals surface area contributed by atoms with Gasteiger partial charge < -0.3 is 0 Å². The molecule has 0 spiro atoms. The maximum Gasteiger partial charge on any atom is 0.194 e. The second-order valence-electron chi connectivity index (χ2n) is 9.83. The number of unbranched alkanes of at least 4 members (excludes halogenated alkanes) is 2. The lowest BCUT2D eigenvalue weighted by Crippen LogP contribution is -2.21. The summed E-state index contributed by atoms with van der Waals surface area (Å²) in [6.45, 7) is 2.27. The van der Waals surface area contributed by atoms with Gasteiger partial charge in [-0.3, -0.25) is 0 Å². The van der Waals surface area contributed by atoms with E-state index in [4.69, 9.17) is 0 Å². The molecule has 0 nitrogen and oxygen atoms in total. The van der Waals surface area contributed by atoms with E-state index in [0.717, 1.165) is 36.5 Å². The van der Waals surface area contributed by atoms with Crippen LogP contribution in [0.3, 0.4) is 0 Å². The Hall–Kier alpha value is -2.40. The van der Waals surface area contributed by atoms with Crippen LogP contribution < -0.4 is 0 Å². The van der Waals surface area contributed by atoms with E-state index in [9.17, 15) is 17.6 Å².